The third-order valence-electron chi connectivity index (χ3n) is 2.17. The van der Waals surface area contributed by atoms with Gasteiger partial charge in [0.15, 0.2) is 23.0 Å². The molecule has 110 valence electrons. The number of methoxy groups -OCH3 is 2. The highest BCUT2D eigenvalue weighted by Gasteiger charge is 1.94. The van der Waals surface area contributed by atoms with Gasteiger partial charge in [-0.15, -0.1) is 0 Å². The number of rotatable bonds is 2. The van der Waals surface area contributed by atoms with Crippen LogP contribution < -0.4 is 9.47 Å². The number of hydrogen-bond acceptors (Lipinski definition) is 4. The molecule has 0 saturated carbocycles. The van der Waals surface area contributed by atoms with Crippen molar-refractivity contribution in [2.45, 2.75) is 13.8 Å². The summed E-state index contributed by atoms with van der Waals surface area (Å²) in [5.74, 6) is 1.38. The van der Waals surface area contributed by atoms with Gasteiger partial charge in [-0.05, 0) is 24.3 Å². The largest absolute Gasteiger partial charge is 0.504 e. The maximum Gasteiger partial charge on any atom is 0.160 e. The second kappa shape index (κ2) is 10.6. The summed E-state index contributed by atoms with van der Waals surface area (Å²) >= 11 is 0. The molecule has 2 aromatic carbocycles. The average Bonchev–Trinajstić information content (AvgIpc) is 2.51. The van der Waals surface area contributed by atoms with Crippen molar-refractivity contribution in [2.75, 3.05) is 14.2 Å². The minimum atomic E-state index is 0.181. The minimum Gasteiger partial charge on any atom is -0.504 e. The lowest BCUT2D eigenvalue weighted by atomic mass is 10.3. The van der Waals surface area contributed by atoms with Crippen molar-refractivity contribution in [2.24, 2.45) is 0 Å². The lowest BCUT2D eigenvalue weighted by Gasteiger charge is -1.99. The van der Waals surface area contributed by atoms with Crippen LogP contribution in [0, 0.1) is 0 Å². The van der Waals surface area contributed by atoms with Gasteiger partial charge in [0.1, 0.15) is 0 Å². The molecule has 0 heterocycles. The highest BCUT2D eigenvalue weighted by molar-refractivity contribution is 5.38. The Balaban J connectivity index is 0.000000321. The van der Waals surface area contributed by atoms with Crippen LogP contribution in [0.2, 0.25) is 0 Å². The minimum absolute atomic E-state index is 0.181. The molecule has 4 heteroatoms. The van der Waals surface area contributed by atoms with E-state index in [0.717, 1.165) is 0 Å². The zero-order chi connectivity index (χ0) is 15.4. The number of aromatic hydroxyl groups is 2. The molecule has 4 nitrogen and oxygen atoms in total. The first-order valence-corrected chi connectivity index (χ1v) is 6.33. The number of benzene rings is 2. The molecule has 0 bridgehead atoms. The Labute approximate surface area is 120 Å². The van der Waals surface area contributed by atoms with Crippen LogP contribution in [0.1, 0.15) is 13.8 Å². The van der Waals surface area contributed by atoms with Gasteiger partial charge in [0, 0.05) is 0 Å². The molecule has 0 aliphatic heterocycles. The first kappa shape index (κ1) is 17.6. The van der Waals surface area contributed by atoms with E-state index in [1.807, 2.05) is 13.8 Å². The summed E-state index contributed by atoms with van der Waals surface area (Å²) in [6.07, 6.45) is 0. The molecule has 0 saturated heterocycles. The summed E-state index contributed by atoms with van der Waals surface area (Å²) in [4.78, 5) is 0. The van der Waals surface area contributed by atoms with E-state index in [-0.39, 0.29) is 11.5 Å². The van der Waals surface area contributed by atoms with Crippen molar-refractivity contribution in [3.8, 4) is 23.0 Å². The van der Waals surface area contributed by atoms with E-state index >= 15 is 0 Å². The average molecular weight is 278 g/mol. The molecule has 0 unspecified atom stereocenters. The van der Waals surface area contributed by atoms with E-state index in [4.69, 9.17) is 19.7 Å². The molecule has 20 heavy (non-hydrogen) atoms. The van der Waals surface area contributed by atoms with Gasteiger partial charge in [-0.2, -0.15) is 0 Å². The second-order valence-corrected chi connectivity index (χ2v) is 3.34. The summed E-state index contributed by atoms with van der Waals surface area (Å²) in [6, 6.07) is 13.7. The van der Waals surface area contributed by atoms with E-state index < -0.39 is 0 Å². The van der Waals surface area contributed by atoms with Crippen LogP contribution in [0.4, 0.5) is 0 Å². The summed E-state index contributed by atoms with van der Waals surface area (Å²) in [5.41, 5.74) is 0. The Hall–Kier alpha value is -2.36. The summed E-state index contributed by atoms with van der Waals surface area (Å²) < 4.78 is 9.59. The molecule has 0 radical (unpaired) electrons. The maximum absolute atomic E-state index is 8.99. The fourth-order valence-electron chi connectivity index (χ4n) is 1.26. The smallest absolute Gasteiger partial charge is 0.160 e. The Morgan fingerprint density at radius 1 is 0.650 bits per heavy atom. The number of ether oxygens (including phenoxy) is 2. The van der Waals surface area contributed by atoms with Crippen LogP contribution in [0.25, 0.3) is 0 Å². The van der Waals surface area contributed by atoms with Crippen LogP contribution in [0.15, 0.2) is 48.5 Å². The predicted molar refractivity (Wildman–Crippen MR) is 80.7 cm³/mol. The lowest BCUT2D eigenvalue weighted by Crippen LogP contribution is -1.80. The lowest BCUT2D eigenvalue weighted by molar-refractivity contribution is 0.373. The third kappa shape index (κ3) is 6.00. The van der Waals surface area contributed by atoms with Crippen molar-refractivity contribution >= 4 is 0 Å². The standard InChI is InChI=1S/2C7H8O2.C2H6/c2*1-9-7-5-3-2-4-6(7)8;1-2/h2*2-5,8H,1H3;1-2H3. The summed E-state index contributed by atoms with van der Waals surface area (Å²) in [5, 5.41) is 18.0. The molecule has 0 fully saturated rings. The van der Waals surface area contributed by atoms with Crippen molar-refractivity contribution in [1.82, 2.24) is 0 Å². The van der Waals surface area contributed by atoms with Crippen molar-refractivity contribution in [3.63, 3.8) is 0 Å². The normalized spacial score (nSPS) is 8.40. The molecule has 2 rings (SSSR count). The van der Waals surface area contributed by atoms with E-state index in [9.17, 15) is 0 Å². The van der Waals surface area contributed by atoms with E-state index in [0.29, 0.717) is 11.5 Å². The Bertz CT molecular complexity index is 438. The van der Waals surface area contributed by atoms with Crippen LogP contribution in [0.3, 0.4) is 0 Å². The Kier molecular flexibility index (Phi) is 9.31. The van der Waals surface area contributed by atoms with Gasteiger partial charge in [0.25, 0.3) is 0 Å². The number of phenols is 2. The van der Waals surface area contributed by atoms with Crippen LogP contribution >= 0.6 is 0 Å². The van der Waals surface area contributed by atoms with Crippen molar-refractivity contribution < 1.29 is 19.7 Å². The topological polar surface area (TPSA) is 58.9 Å². The molecular weight excluding hydrogens is 256 g/mol. The fraction of sp³-hybridized carbons (Fsp3) is 0.250. The quantitative estimate of drug-likeness (QED) is 0.876. The van der Waals surface area contributed by atoms with Gasteiger partial charge >= 0.3 is 0 Å². The van der Waals surface area contributed by atoms with Crippen molar-refractivity contribution in [1.29, 1.82) is 0 Å². The van der Waals surface area contributed by atoms with Crippen LogP contribution in [-0.2, 0) is 0 Å². The van der Waals surface area contributed by atoms with E-state index in [1.54, 1.807) is 48.5 Å². The summed E-state index contributed by atoms with van der Waals surface area (Å²) in [7, 11) is 3.05. The highest BCUT2D eigenvalue weighted by atomic mass is 16.5. The second-order valence-electron chi connectivity index (χ2n) is 3.34. The molecule has 0 aliphatic carbocycles. The van der Waals surface area contributed by atoms with Gasteiger partial charge in [0.05, 0.1) is 14.2 Å². The highest BCUT2D eigenvalue weighted by Crippen LogP contribution is 2.23. The third-order valence-corrected chi connectivity index (χ3v) is 2.17. The zero-order valence-corrected chi connectivity index (χ0v) is 12.3. The zero-order valence-electron chi connectivity index (χ0n) is 12.3. The SMILES string of the molecule is CC.COc1ccccc1O.COc1ccccc1O. The fourth-order valence-corrected chi connectivity index (χ4v) is 1.26. The summed E-state index contributed by atoms with van der Waals surface area (Å²) in [6.45, 7) is 4.00. The molecule has 0 spiro atoms. The van der Waals surface area contributed by atoms with Gasteiger partial charge in [0.2, 0.25) is 0 Å². The van der Waals surface area contributed by atoms with Gasteiger partial charge in [-0.25, -0.2) is 0 Å². The molecule has 0 aliphatic rings. The van der Waals surface area contributed by atoms with Gasteiger partial charge in [-0.3, -0.25) is 0 Å². The molecule has 0 aromatic heterocycles. The predicted octanol–water partition coefficient (Wildman–Crippen LogP) is 3.83. The first-order valence-electron chi connectivity index (χ1n) is 6.33. The molecule has 0 atom stereocenters. The molecule has 2 aromatic rings. The Morgan fingerprint density at radius 2 is 0.950 bits per heavy atom. The van der Waals surface area contributed by atoms with E-state index in [2.05, 4.69) is 0 Å². The van der Waals surface area contributed by atoms with Crippen LogP contribution in [-0.4, -0.2) is 24.4 Å². The van der Waals surface area contributed by atoms with E-state index in [1.165, 1.54) is 14.2 Å². The monoisotopic (exact) mass is 278 g/mol. The number of hydrogen-bond donors (Lipinski definition) is 2. The first-order chi connectivity index (χ1) is 9.69. The van der Waals surface area contributed by atoms with Gasteiger partial charge in [-0.1, -0.05) is 38.1 Å². The Morgan fingerprint density at radius 3 is 1.15 bits per heavy atom. The van der Waals surface area contributed by atoms with Crippen LogP contribution in [0.5, 0.6) is 23.0 Å². The number of phenolic OH excluding ortho intramolecular Hbond substituents is 2. The maximum atomic E-state index is 8.99. The molecule has 2 N–H and O–H groups in total. The van der Waals surface area contributed by atoms with Gasteiger partial charge < -0.3 is 19.7 Å². The van der Waals surface area contributed by atoms with Crippen molar-refractivity contribution in [3.05, 3.63) is 48.5 Å². The molecule has 0 amide bonds. The molecular formula is C16H22O4. The number of para-hydroxylation sites is 4.